The first-order chi connectivity index (χ1) is 11.6. The molecule has 0 aliphatic heterocycles. The van der Waals surface area contributed by atoms with Gasteiger partial charge < -0.3 is 15.3 Å². The molecule has 0 bridgehead atoms. The van der Waals surface area contributed by atoms with E-state index in [9.17, 15) is 4.79 Å². The normalized spacial score (nSPS) is 11.1. The fourth-order valence-electron chi connectivity index (χ4n) is 2.34. The standard InChI is InChI=1S/C17H16N4O3/c1-11-3-8-15-20-16(14(9-18-23)17(22)21(15)10-11)19-12-4-6-13(24-2)7-5-12/h3-10,19,23H,1-2H3/b18-9-. The zero-order chi connectivity index (χ0) is 17.1. The van der Waals surface area contributed by atoms with E-state index in [-0.39, 0.29) is 11.1 Å². The second-order valence-corrected chi connectivity index (χ2v) is 5.21. The van der Waals surface area contributed by atoms with E-state index in [0.29, 0.717) is 11.5 Å². The molecule has 2 heterocycles. The molecule has 0 amide bonds. The third-order valence-electron chi connectivity index (χ3n) is 3.55. The number of aromatic nitrogens is 2. The molecule has 0 radical (unpaired) electrons. The maximum Gasteiger partial charge on any atom is 0.269 e. The summed E-state index contributed by atoms with van der Waals surface area (Å²) in [6, 6.07) is 10.8. The van der Waals surface area contributed by atoms with Crippen molar-refractivity contribution in [3.05, 3.63) is 64.1 Å². The van der Waals surface area contributed by atoms with Crippen LogP contribution < -0.4 is 15.6 Å². The lowest BCUT2D eigenvalue weighted by Crippen LogP contribution is -2.22. The van der Waals surface area contributed by atoms with Crippen molar-refractivity contribution < 1.29 is 9.94 Å². The molecule has 7 heteroatoms. The molecule has 3 aromatic rings. The highest BCUT2D eigenvalue weighted by Gasteiger charge is 2.12. The maximum absolute atomic E-state index is 12.6. The number of benzene rings is 1. The lowest BCUT2D eigenvalue weighted by molar-refractivity contribution is 0.322. The summed E-state index contributed by atoms with van der Waals surface area (Å²) < 4.78 is 6.54. The lowest BCUT2D eigenvalue weighted by Gasteiger charge is -2.11. The summed E-state index contributed by atoms with van der Waals surface area (Å²) in [6.45, 7) is 1.88. The van der Waals surface area contributed by atoms with Crippen molar-refractivity contribution >= 4 is 23.4 Å². The lowest BCUT2D eigenvalue weighted by atomic mass is 10.2. The summed E-state index contributed by atoms with van der Waals surface area (Å²) >= 11 is 0. The van der Waals surface area contributed by atoms with Crippen LogP contribution >= 0.6 is 0 Å². The molecular weight excluding hydrogens is 308 g/mol. The number of pyridine rings is 1. The van der Waals surface area contributed by atoms with Gasteiger partial charge in [-0.1, -0.05) is 11.2 Å². The molecule has 2 aromatic heterocycles. The van der Waals surface area contributed by atoms with E-state index in [1.807, 2.05) is 13.0 Å². The Hall–Kier alpha value is -3.35. The minimum Gasteiger partial charge on any atom is -0.497 e. The van der Waals surface area contributed by atoms with Crippen LogP contribution in [0.15, 0.2) is 52.5 Å². The van der Waals surface area contributed by atoms with Gasteiger partial charge in [0.2, 0.25) is 0 Å². The van der Waals surface area contributed by atoms with E-state index in [2.05, 4.69) is 15.5 Å². The van der Waals surface area contributed by atoms with Crippen molar-refractivity contribution in [3.8, 4) is 5.75 Å². The maximum atomic E-state index is 12.6. The highest BCUT2D eigenvalue weighted by molar-refractivity contribution is 5.87. The highest BCUT2D eigenvalue weighted by Crippen LogP contribution is 2.20. The first-order valence-electron chi connectivity index (χ1n) is 7.24. The summed E-state index contributed by atoms with van der Waals surface area (Å²) in [5, 5.41) is 14.9. The molecule has 0 saturated heterocycles. The highest BCUT2D eigenvalue weighted by atomic mass is 16.5. The van der Waals surface area contributed by atoms with E-state index in [1.165, 1.54) is 4.40 Å². The van der Waals surface area contributed by atoms with Gasteiger partial charge in [0.1, 0.15) is 22.8 Å². The molecule has 0 saturated carbocycles. The average Bonchev–Trinajstić information content (AvgIpc) is 2.60. The summed E-state index contributed by atoms with van der Waals surface area (Å²) in [7, 11) is 1.59. The van der Waals surface area contributed by atoms with Gasteiger partial charge in [0.15, 0.2) is 0 Å². The van der Waals surface area contributed by atoms with Crippen LogP contribution in [0, 0.1) is 6.92 Å². The SMILES string of the molecule is COc1ccc(Nc2nc3ccc(C)cn3c(=O)c2/C=N\O)cc1. The minimum absolute atomic E-state index is 0.163. The first-order valence-corrected chi connectivity index (χ1v) is 7.24. The van der Waals surface area contributed by atoms with Gasteiger partial charge in [0.25, 0.3) is 5.56 Å². The fourth-order valence-corrected chi connectivity index (χ4v) is 2.34. The number of methoxy groups -OCH3 is 1. The molecule has 0 unspecified atom stereocenters. The largest absolute Gasteiger partial charge is 0.497 e. The molecule has 0 spiro atoms. The Morgan fingerprint density at radius 3 is 2.67 bits per heavy atom. The number of hydrogen-bond donors (Lipinski definition) is 2. The van der Waals surface area contributed by atoms with Gasteiger partial charge in [-0.3, -0.25) is 9.20 Å². The number of oxime groups is 1. The van der Waals surface area contributed by atoms with Crippen LogP contribution in [-0.2, 0) is 0 Å². The average molecular weight is 324 g/mol. The topological polar surface area (TPSA) is 88.2 Å². The Morgan fingerprint density at radius 1 is 1.25 bits per heavy atom. The molecule has 1 aromatic carbocycles. The first kappa shape index (κ1) is 15.5. The molecule has 122 valence electrons. The van der Waals surface area contributed by atoms with Crippen LogP contribution in [0.25, 0.3) is 5.65 Å². The number of fused-ring (bicyclic) bond motifs is 1. The monoisotopic (exact) mass is 324 g/mol. The Kier molecular flexibility index (Phi) is 4.15. The minimum atomic E-state index is -0.322. The Balaban J connectivity index is 2.13. The second kappa shape index (κ2) is 6.41. The van der Waals surface area contributed by atoms with E-state index in [1.54, 1.807) is 43.6 Å². The van der Waals surface area contributed by atoms with Gasteiger partial charge in [0.05, 0.1) is 13.3 Å². The molecule has 0 atom stereocenters. The Bertz CT molecular complexity index is 962. The number of anilines is 2. The Labute approximate surface area is 137 Å². The summed E-state index contributed by atoms with van der Waals surface area (Å²) in [5.41, 5.74) is 1.99. The molecule has 7 nitrogen and oxygen atoms in total. The van der Waals surface area contributed by atoms with Crippen molar-refractivity contribution in [2.75, 3.05) is 12.4 Å². The fraction of sp³-hybridized carbons (Fsp3) is 0.118. The third kappa shape index (κ3) is 2.91. The zero-order valence-corrected chi connectivity index (χ0v) is 13.2. The molecule has 3 rings (SSSR count). The summed E-state index contributed by atoms with van der Waals surface area (Å²) in [6.07, 6.45) is 2.77. The number of hydrogen-bond acceptors (Lipinski definition) is 6. The van der Waals surface area contributed by atoms with Crippen molar-refractivity contribution in [1.82, 2.24) is 9.38 Å². The van der Waals surface area contributed by atoms with Crippen LogP contribution in [0.2, 0.25) is 0 Å². The van der Waals surface area contributed by atoms with Gasteiger partial charge in [-0.15, -0.1) is 0 Å². The van der Waals surface area contributed by atoms with E-state index >= 15 is 0 Å². The molecular formula is C17H16N4O3. The van der Waals surface area contributed by atoms with E-state index in [4.69, 9.17) is 9.94 Å². The quantitative estimate of drug-likeness (QED) is 0.437. The van der Waals surface area contributed by atoms with Crippen molar-refractivity contribution in [2.24, 2.45) is 5.16 Å². The van der Waals surface area contributed by atoms with Crippen LogP contribution in [0.5, 0.6) is 5.75 Å². The van der Waals surface area contributed by atoms with Crippen LogP contribution in [0.4, 0.5) is 11.5 Å². The third-order valence-corrected chi connectivity index (χ3v) is 3.55. The van der Waals surface area contributed by atoms with Crippen molar-refractivity contribution in [1.29, 1.82) is 0 Å². The predicted octanol–water partition coefficient (Wildman–Crippen LogP) is 2.56. The van der Waals surface area contributed by atoms with Gasteiger partial charge in [-0.2, -0.15) is 0 Å². The molecule has 0 aliphatic carbocycles. The van der Waals surface area contributed by atoms with Gasteiger partial charge >= 0.3 is 0 Å². The van der Waals surface area contributed by atoms with Gasteiger partial charge in [-0.25, -0.2) is 4.98 Å². The van der Waals surface area contributed by atoms with E-state index < -0.39 is 0 Å². The summed E-state index contributed by atoms with van der Waals surface area (Å²) in [5.74, 6) is 1.03. The van der Waals surface area contributed by atoms with Gasteiger partial charge in [-0.05, 0) is 42.8 Å². The number of nitrogens with one attached hydrogen (secondary N) is 1. The molecule has 24 heavy (non-hydrogen) atoms. The van der Waals surface area contributed by atoms with Crippen LogP contribution in [0.1, 0.15) is 11.1 Å². The Morgan fingerprint density at radius 2 is 2.00 bits per heavy atom. The van der Waals surface area contributed by atoms with Crippen molar-refractivity contribution in [3.63, 3.8) is 0 Å². The van der Waals surface area contributed by atoms with Crippen LogP contribution in [0.3, 0.4) is 0 Å². The molecule has 0 aliphatic rings. The molecule has 0 fully saturated rings. The zero-order valence-electron chi connectivity index (χ0n) is 13.2. The van der Waals surface area contributed by atoms with Gasteiger partial charge in [0, 0.05) is 11.9 Å². The molecule has 2 N–H and O–H groups in total. The smallest absolute Gasteiger partial charge is 0.269 e. The van der Waals surface area contributed by atoms with Crippen molar-refractivity contribution in [2.45, 2.75) is 6.92 Å². The number of ether oxygens (including phenoxy) is 1. The van der Waals surface area contributed by atoms with Crippen LogP contribution in [-0.4, -0.2) is 27.9 Å². The van der Waals surface area contributed by atoms with E-state index in [0.717, 1.165) is 23.2 Å². The number of aryl methyl sites for hydroxylation is 1. The second-order valence-electron chi connectivity index (χ2n) is 5.21. The summed E-state index contributed by atoms with van der Waals surface area (Å²) in [4.78, 5) is 17.1. The predicted molar refractivity (Wildman–Crippen MR) is 91.9 cm³/mol. The number of nitrogens with zero attached hydrogens (tertiary/aromatic N) is 3. The number of rotatable bonds is 4.